The lowest BCUT2D eigenvalue weighted by Crippen LogP contribution is -2.45. The molecule has 6 nitrogen and oxygen atoms in total. The summed E-state index contributed by atoms with van der Waals surface area (Å²) >= 11 is 0. The normalized spacial score (nSPS) is 19.6. The van der Waals surface area contributed by atoms with Gasteiger partial charge in [-0.25, -0.2) is 13.8 Å². The van der Waals surface area contributed by atoms with E-state index in [1.165, 1.54) is 12.5 Å². The second kappa shape index (κ2) is 13.0. The van der Waals surface area contributed by atoms with Crippen LogP contribution in [-0.2, 0) is 4.79 Å². The van der Waals surface area contributed by atoms with Crippen molar-refractivity contribution in [3.8, 4) is 5.75 Å². The van der Waals surface area contributed by atoms with Crippen LogP contribution in [0.3, 0.4) is 0 Å². The first-order valence-electron chi connectivity index (χ1n) is 11.0. The number of halogens is 3. The molecule has 0 bridgehead atoms. The lowest BCUT2D eigenvalue weighted by atomic mass is 9.88. The molecule has 1 saturated carbocycles. The molecule has 174 valence electrons. The Hall–Kier alpha value is -1.65. The zero-order chi connectivity index (χ0) is 21.3. The Morgan fingerprint density at radius 3 is 2.68 bits per heavy atom. The first-order chi connectivity index (χ1) is 14.6. The topological polar surface area (TPSA) is 66.0 Å². The molecule has 2 aliphatic rings. The molecule has 31 heavy (non-hydrogen) atoms. The number of likely N-dealkylation sites (tertiary alicyclic amines) is 1. The van der Waals surface area contributed by atoms with Gasteiger partial charge in [0.25, 0.3) is 0 Å². The second-order valence-electron chi connectivity index (χ2n) is 7.93. The van der Waals surface area contributed by atoms with Crippen molar-refractivity contribution in [3.63, 3.8) is 0 Å². The van der Waals surface area contributed by atoms with E-state index in [0.717, 1.165) is 50.8 Å². The summed E-state index contributed by atoms with van der Waals surface area (Å²) in [5.74, 6) is -0.377. The average molecular weight is 550 g/mol. The number of carbonyl (C=O) groups is 1. The van der Waals surface area contributed by atoms with Gasteiger partial charge in [0.2, 0.25) is 5.91 Å². The van der Waals surface area contributed by atoms with E-state index in [0.29, 0.717) is 31.5 Å². The van der Waals surface area contributed by atoms with E-state index in [-0.39, 0.29) is 48.3 Å². The van der Waals surface area contributed by atoms with Gasteiger partial charge < -0.3 is 20.3 Å². The average Bonchev–Trinajstić information content (AvgIpc) is 3.22. The molecule has 0 aromatic heterocycles. The summed E-state index contributed by atoms with van der Waals surface area (Å²) < 4.78 is 31.6. The zero-order valence-electron chi connectivity index (χ0n) is 18.0. The summed E-state index contributed by atoms with van der Waals surface area (Å²) in [4.78, 5) is 19.2. The van der Waals surface area contributed by atoms with E-state index in [1.807, 2.05) is 11.8 Å². The van der Waals surface area contributed by atoms with Gasteiger partial charge in [-0.2, -0.15) is 0 Å². The van der Waals surface area contributed by atoms with Crippen LogP contribution in [0.15, 0.2) is 23.2 Å². The maximum Gasteiger partial charge on any atom is 0.225 e. The van der Waals surface area contributed by atoms with E-state index in [1.54, 1.807) is 0 Å². The van der Waals surface area contributed by atoms with Crippen molar-refractivity contribution < 1.29 is 18.3 Å². The second-order valence-corrected chi connectivity index (χ2v) is 7.93. The third kappa shape index (κ3) is 7.76. The highest BCUT2D eigenvalue weighted by atomic mass is 127. The molecule has 1 saturated heterocycles. The summed E-state index contributed by atoms with van der Waals surface area (Å²) in [5, 5.41) is 6.60. The summed E-state index contributed by atoms with van der Waals surface area (Å²) in [6, 6.07) is 3.63. The number of hydrogen-bond donors (Lipinski definition) is 2. The lowest BCUT2D eigenvalue weighted by molar-refractivity contribution is -0.135. The van der Waals surface area contributed by atoms with E-state index in [4.69, 9.17) is 4.74 Å². The molecule has 1 aromatic carbocycles. The summed E-state index contributed by atoms with van der Waals surface area (Å²) in [6.45, 7) is 4.80. The Morgan fingerprint density at radius 1 is 1.19 bits per heavy atom. The Balaban J connectivity index is 0.00000341. The molecule has 0 spiro atoms. The largest absolute Gasteiger partial charge is 0.492 e. The van der Waals surface area contributed by atoms with Crippen LogP contribution in [0.5, 0.6) is 5.75 Å². The highest BCUT2D eigenvalue weighted by molar-refractivity contribution is 14.0. The van der Waals surface area contributed by atoms with E-state index < -0.39 is 11.6 Å². The van der Waals surface area contributed by atoms with Crippen molar-refractivity contribution in [1.82, 2.24) is 15.5 Å². The predicted octanol–water partition coefficient (Wildman–Crippen LogP) is 3.70. The molecule has 1 aliphatic carbocycles. The van der Waals surface area contributed by atoms with Crippen molar-refractivity contribution in [2.75, 3.05) is 32.8 Å². The van der Waals surface area contributed by atoms with Crippen LogP contribution in [0.25, 0.3) is 0 Å². The van der Waals surface area contributed by atoms with Gasteiger partial charge in [0.05, 0.1) is 6.54 Å². The Kier molecular flexibility index (Phi) is 10.8. The van der Waals surface area contributed by atoms with Crippen molar-refractivity contribution in [2.24, 2.45) is 10.9 Å². The molecule has 9 heteroatoms. The third-order valence-electron chi connectivity index (χ3n) is 5.66. The van der Waals surface area contributed by atoms with Crippen LogP contribution in [-0.4, -0.2) is 55.6 Å². The number of benzene rings is 1. The van der Waals surface area contributed by atoms with Gasteiger partial charge in [-0.05, 0) is 38.3 Å². The fourth-order valence-electron chi connectivity index (χ4n) is 4.09. The number of ether oxygens (including phenoxy) is 1. The van der Waals surface area contributed by atoms with Crippen molar-refractivity contribution in [1.29, 1.82) is 0 Å². The smallest absolute Gasteiger partial charge is 0.225 e. The van der Waals surface area contributed by atoms with Gasteiger partial charge in [-0.15, -0.1) is 24.0 Å². The van der Waals surface area contributed by atoms with Crippen LogP contribution in [0.4, 0.5) is 8.78 Å². The minimum atomic E-state index is -0.931. The lowest BCUT2D eigenvalue weighted by Gasteiger charge is -2.26. The van der Waals surface area contributed by atoms with Crippen molar-refractivity contribution in [3.05, 3.63) is 29.8 Å². The maximum atomic E-state index is 13.2. The zero-order valence-corrected chi connectivity index (χ0v) is 20.4. The first-order valence-corrected chi connectivity index (χ1v) is 11.0. The summed E-state index contributed by atoms with van der Waals surface area (Å²) in [7, 11) is 0. The Morgan fingerprint density at radius 2 is 1.97 bits per heavy atom. The van der Waals surface area contributed by atoms with Crippen LogP contribution >= 0.6 is 24.0 Å². The molecule has 3 rings (SSSR count). The SMILES string of the molecule is CCNC(=NCCOc1ccc(F)c(F)c1)NC1CCN(C(=O)C2CCCCC2)C1.I. The quantitative estimate of drug-likeness (QED) is 0.235. The van der Waals surface area contributed by atoms with Crippen molar-refractivity contribution >= 4 is 35.8 Å². The molecule has 1 aliphatic heterocycles. The first kappa shape index (κ1) is 25.6. The molecule has 1 unspecified atom stereocenters. The van der Waals surface area contributed by atoms with Gasteiger partial charge in [0.15, 0.2) is 17.6 Å². The van der Waals surface area contributed by atoms with Gasteiger partial charge in [0, 0.05) is 37.7 Å². The number of amides is 1. The van der Waals surface area contributed by atoms with Gasteiger partial charge >= 0.3 is 0 Å². The number of rotatable bonds is 7. The summed E-state index contributed by atoms with van der Waals surface area (Å²) in [5.41, 5.74) is 0. The van der Waals surface area contributed by atoms with Crippen LogP contribution in [0.1, 0.15) is 45.4 Å². The molecule has 1 heterocycles. The molecular formula is C22H33F2IN4O2. The van der Waals surface area contributed by atoms with Crippen molar-refractivity contribution in [2.45, 2.75) is 51.5 Å². The maximum absolute atomic E-state index is 13.2. The Bertz CT molecular complexity index is 744. The number of nitrogens with one attached hydrogen (secondary N) is 2. The van der Waals surface area contributed by atoms with E-state index in [2.05, 4.69) is 15.6 Å². The van der Waals surface area contributed by atoms with Crippen LogP contribution < -0.4 is 15.4 Å². The highest BCUT2D eigenvalue weighted by Gasteiger charge is 2.31. The number of nitrogens with zero attached hydrogens (tertiary/aromatic N) is 2. The monoisotopic (exact) mass is 550 g/mol. The minimum Gasteiger partial charge on any atom is -0.492 e. The standard InChI is InChI=1S/C22H32F2N4O2.HI/c1-2-25-22(26-11-13-30-18-8-9-19(23)20(24)14-18)27-17-10-12-28(15-17)21(29)16-6-4-3-5-7-16;/h8-9,14,16-17H,2-7,10-13,15H2,1H3,(H2,25,26,27);1H. The predicted molar refractivity (Wildman–Crippen MR) is 128 cm³/mol. The summed E-state index contributed by atoms with van der Waals surface area (Å²) in [6.07, 6.45) is 6.51. The molecule has 2 fully saturated rings. The van der Waals surface area contributed by atoms with Crippen LogP contribution in [0, 0.1) is 17.6 Å². The molecule has 2 N–H and O–H groups in total. The molecule has 1 amide bonds. The van der Waals surface area contributed by atoms with Gasteiger partial charge in [0.1, 0.15) is 12.4 Å². The Labute approximate surface area is 200 Å². The molecular weight excluding hydrogens is 517 g/mol. The number of guanidine groups is 1. The van der Waals surface area contributed by atoms with Gasteiger partial charge in [-0.1, -0.05) is 19.3 Å². The van der Waals surface area contributed by atoms with Gasteiger partial charge in [-0.3, -0.25) is 4.79 Å². The third-order valence-corrected chi connectivity index (χ3v) is 5.66. The fraction of sp³-hybridized carbons (Fsp3) is 0.636. The number of carbonyl (C=O) groups excluding carboxylic acids is 1. The number of aliphatic imine (C=N–C) groups is 1. The molecule has 1 atom stereocenters. The van der Waals surface area contributed by atoms with E-state index >= 15 is 0 Å². The molecule has 1 aromatic rings. The van der Waals surface area contributed by atoms with Crippen LogP contribution in [0.2, 0.25) is 0 Å². The number of hydrogen-bond acceptors (Lipinski definition) is 3. The fourth-order valence-corrected chi connectivity index (χ4v) is 4.09. The molecule has 0 radical (unpaired) electrons. The highest BCUT2D eigenvalue weighted by Crippen LogP contribution is 2.26. The van der Waals surface area contributed by atoms with E-state index in [9.17, 15) is 13.6 Å². The minimum absolute atomic E-state index is 0.